The van der Waals surface area contributed by atoms with Gasteiger partial charge in [0.25, 0.3) is 0 Å². The molecule has 1 atom stereocenters. The van der Waals surface area contributed by atoms with Gasteiger partial charge in [-0.15, -0.1) is 0 Å². The fourth-order valence-electron chi connectivity index (χ4n) is 2.32. The standard InChI is InChI=1S/C12H15NO4S/c1-18(16,17)11-7-3-2-5-9(11)13-8-4-6-10(13)12(14)15/h2-3,5,7,10H,4,6,8H2,1H3,(H,14,15)/t10-/m0/s1. The van der Waals surface area contributed by atoms with Crippen molar-refractivity contribution in [2.24, 2.45) is 0 Å². The van der Waals surface area contributed by atoms with Crippen LogP contribution in [0.25, 0.3) is 0 Å². The quantitative estimate of drug-likeness (QED) is 0.890. The lowest BCUT2D eigenvalue weighted by Crippen LogP contribution is -2.36. The summed E-state index contributed by atoms with van der Waals surface area (Å²) in [6.07, 6.45) is 2.44. The summed E-state index contributed by atoms with van der Waals surface area (Å²) >= 11 is 0. The Labute approximate surface area is 106 Å². The van der Waals surface area contributed by atoms with Crippen LogP contribution in [0, 0.1) is 0 Å². The van der Waals surface area contributed by atoms with E-state index >= 15 is 0 Å². The van der Waals surface area contributed by atoms with Gasteiger partial charge in [0.15, 0.2) is 9.84 Å². The van der Waals surface area contributed by atoms with Crippen LogP contribution in [-0.2, 0) is 14.6 Å². The molecule has 1 saturated heterocycles. The molecule has 1 aromatic carbocycles. The first-order valence-electron chi connectivity index (χ1n) is 5.70. The summed E-state index contributed by atoms with van der Waals surface area (Å²) in [5.41, 5.74) is 0.491. The predicted octanol–water partition coefficient (Wildman–Crippen LogP) is 1.14. The fourth-order valence-corrected chi connectivity index (χ4v) is 3.21. The second-order valence-electron chi connectivity index (χ2n) is 4.43. The summed E-state index contributed by atoms with van der Waals surface area (Å²) in [4.78, 5) is 13.0. The van der Waals surface area contributed by atoms with Crippen LogP contribution in [-0.4, -0.2) is 38.3 Å². The van der Waals surface area contributed by atoms with Gasteiger partial charge in [-0.05, 0) is 25.0 Å². The topological polar surface area (TPSA) is 74.7 Å². The van der Waals surface area contributed by atoms with Gasteiger partial charge in [0.2, 0.25) is 0 Å². The van der Waals surface area contributed by atoms with E-state index in [0.717, 1.165) is 12.7 Å². The lowest BCUT2D eigenvalue weighted by Gasteiger charge is -2.25. The highest BCUT2D eigenvalue weighted by Crippen LogP contribution is 2.31. The lowest BCUT2D eigenvalue weighted by atomic mass is 10.2. The van der Waals surface area contributed by atoms with Crippen LogP contribution in [0.15, 0.2) is 29.2 Å². The van der Waals surface area contributed by atoms with Gasteiger partial charge < -0.3 is 10.0 Å². The number of nitrogens with zero attached hydrogens (tertiary/aromatic N) is 1. The van der Waals surface area contributed by atoms with Gasteiger partial charge in [-0.2, -0.15) is 0 Å². The molecule has 6 heteroatoms. The Kier molecular flexibility index (Phi) is 3.30. The number of hydrogen-bond acceptors (Lipinski definition) is 4. The highest BCUT2D eigenvalue weighted by molar-refractivity contribution is 7.90. The van der Waals surface area contributed by atoms with Crippen LogP contribution in [0.2, 0.25) is 0 Å². The third kappa shape index (κ3) is 2.33. The third-order valence-corrected chi connectivity index (χ3v) is 4.26. The van der Waals surface area contributed by atoms with Crippen molar-refractivity contribution in [2.75, 3.05) is 17.7 Å². The molecule has 1 aliphatic rings. The van der Waals surface area contributed by atoms with E-state index in [1.807, 2.05) is 0 Å². The lowest BCUT2D eigenvalue weighted by molar-refractivity contribution is -0.138. The summed E-state index contributed by atoms with van der Waals surface area (Å²) < 4.78 is 23.4. The van der Waals surface area contributed by atoms with Crippen molar-refractivity contribution in [3.05, 3.63) is 24.3 Å². The smallest absolute Gasteiger partial charge is 0.326 e. The number of sulfone groups is 1. The molecule has 1 aromatic rings. The molecule has 18 heavy (non-hydrogen) atoms. The van der Waals surface area contributed by atoms with Crippen molar-refractivity contribution in [3.63, 3.8) is 0 Å². The third-order valence-electron chi connectivity index (χ3n) is 3.11. The molecule has 5 nitrogen and oxygen atoms in total. The number of carboxylic acids is 1. The van der Waals surface area contributed by atoms with Crippen LogP contribution in [0.1, 0.15) is 12.8 Å². The molecule has 0 aromatic heterocycles. The van der Waals surface area contributed by atoms with Gasteiger partial charge >= 0.3 is 5.97 Å². The minimum atomic E-state index is -3.35. The number of hydrogen-bond donors (Lipinski definition) is 1. The zero-order chi connectivity index (χ0) is 13.3. The number of carboxylic acid groups (broad SMARTS) is 1. The van der Waals surface area contributed by atoms with E-state index in [-0.39, 0.29) is 4.90 Å². The molecule has 0 aliphatic carbocycles. The van der Waals surface area contributed by atoms with E-state index in [1.54, 1.807) is 23.1 Å². The van der Waals surface area contributed by atoms with Crippen molar-refractivity contribution in [2.45, 2.75) is 23.8 Å². The number of para-hydroxylation sites is 1. The van der Waals surface area contributed by atoms with Crippen LogP contribution in [0.4, 0.5) is 5.69 Å². The highest BCUT2D eigenvalue weighted by Gasteiger charge is 2.32. The first-order valence-corrected chi connectivity index (χ1v) is 7.59. The first kappa shape index (κ1) is 12.9. The number of carbonyl (C=O) groups is 1. The zero-order valence-corrected chi connectivity index (χ0v) is 10.9. The maximum atomic E-state index is 11.7. The summed E-state index contributed by atoms with van der Waals surface area (Å²) in [6, 6.07) is 5.92. The Morgan fingerprint density at radius 2 is 2.06 bits per heavy atom. The molecule has 98 valence electrons. The maximum Gasteiger partial charge on any atom is 0.326 e. The van der Waals surface area contributed by atoms with Crippen molar-refractivity contribution < 1.29 is 18.3 Å². The van der Waals surface area contributed by atoms with Gasteiger partial charge in [0.05, 0.1) is 10.6 Å². The predicted molar refractivity (Wildman–Crippen MR) is 67.6 cm³/mol. The molecular weight excluding hydrogens is 254 g/mol. The van der Waals surface area contributed by atoms with Gasteiger partial charge in [0.1, 0.15) is 6.04 Å². The maximum absolute atomic E-state index is 11.7. The largest absolute Gasteiger partial charge is 0.480 e. The van der Waals surface area contributed by atoms with Crippen LogP contribution >= 0.6 is 0 Å². The summed E-state index contributed by atoms with van der Waals surface area (Å²) in [5.74, 6) is -0.907. The molecule has 0 radical (unpaired) electrons. The van der Waals surface area contributed by atoms with E-state index in [0.29, 0.717) is 18.7 Å². The molecule has 0 bridgehead atoms. The van der Waals surface area contributed by atoms with Crippen LogP contribution < -0.4 is 4.90 Å². The Hall–Kier alpha value is -1.56. The van der Waals surface area contributed by atoms with Gasteiger partial charge in [0, 0.05) is 12.8 Å². The molecule has 0 spiro atoms. The van der Waals surface area contributed by atoms with E-state index in [9.17, 15) is 13.2 Å². The van der Waals surface area contributed by atoms with Crippen LogP contribution in [0.5, 0.6) is 0 Å². The average molecular weight is 269 g/mol. The second kappa shape index (κ2) is 4.61. The van der Waals surface area contributed by atoms with E-state index in [2.05, 4.69) is 0 Å². The summed E-state index contributed by atoms with van der Waals surface area (Å²) in [6.45, 7) is 0.573. The number of benzene rings is 1. The number of aliphatic carboxylic acids is 1. The van der Waals surface area contributed by atoms with Crippen molar-refractivity contribution in [1.29, 1.82) is 0 Å². The van der Waals surface area contributed by atoms with Gasteiger partial charge in [-0.3, -0.25) is 0 Å². The molecule has 0 saturated carbocycles. The summed E-state index contributed by atoms with van der Waals surface area (Å²) in [7, 11) is -3.35. The minimum absolute atomic E-state index is 0.193. The molecule has 2 rings (SSSR count). The first-order chi connectivity index (χ1) is 8.41. The van der Waals surface area contributed by atoms with E-state index in [4.69, 9.17) is 5.11 Å². The monoisotopic (exact) mass is 269 g/mol. The Bertz CT molecular complexity index is 567. The number of rotatable bonds is 3. The van der Waals surface area contributed by atoms with Crippen LogP contribution in [0.3, 0.4) is 0 Å². The van der Waals surface area contributed by atoms with Gasteiger partial charge in [-0.25, -0.2) is 13.2 Å². The van der Waals surface area contributed by atoms with E-state index in [1.165, 1.54) is 6.07 Å². The second-order valence-corrected chi connectivity index (χ2v) is 6.41. The SMILES string of the molecule is CS(=O)(=O)c1ccccc1N1CCC[C@H]1C(=O)O. The van der Waals surface area contributed by atoms with E-state index < -0.39 is 21.8 Å². The molecule has 1 aliphatic heterocycles. The number of anilines is 1. The zero-order valence-electron chi connectivity index (χ0n) is 10.0. The Balaban J connectivity index is 2.49. The highest BCUT2D eigenvalue weighted by atomic mass is 32.2. The molecule has 1 heterocycles. The molecule has 0 unspecified atom stereocenters. The summed E-state index contributed by atoms with van der Waals surface area (Å²) in [5, 5.41) is 9.15. The molecule has 0 amide bonds. The Morgan fingerprint density at radius 3 is 2.67 bits per heavy atom. The van der Waals surface area contributed by atoms with Crippen molar-refractivity contribution >= 4 is 21.5 Å². The normalized spacial score (nSPS) is 20.1. The molecular formula is C12H15NO4S. The fraction of sp³-hybridized carbons (Fsp3) is 0.417. The molecule has 1 fully saturated rings. The van der Waals surface area contributed by atoms with Gasteiger partial charge in [-0.1, -0.05) is 12.1 Å². The Morgan fingerprint density at radius 1 is 1.39 bits per heavy atom. The minimum Gasteiger partial charge on any atom is -0.480 e. The average Bonchev–Trinajstić information content (AvgIpc) is 2.76. The molecule has 1 N–H and O–H groups in total. The van der Waals surface area contributed by atoms with Crippen molar-refractivity contribution in [3.8, 4) is 0 Å². The van der Waals surface area contributed by atoms with Crippen molar-refractivity contribution in [1.82, 2.24) is 0 Å².